The lowest BCUT2D eigenvalue weighted by atomic mass is 9.97. The van der Waals surface area contributed by atoms with Gasteiger partial charge in [-0.2, -0.15) is 0 Å². The standard InChI is InChI=1S/C13H21ClN2O/c1-4-13(17,5-2)8-16-12-7-10(14)11(15)6-9(12)3/h6-7,16-17H,4-5,8,15H2,1-3H3. The summed E-state index contributed by atoms with van der Waals surface area (Å²) >= 11 is 5.98. The van der Waals surface area contributed by atoms with Crippen molar-refractivity contribution >= 4 is 23.0 Å². The molecule has 0 fully saturated rings. The van der Waals surface area contributed by atoms with E-state index >= 15 is 0 Å². The highest BCUT2D eigenvalue weighted by molar-refractivity contribution is 6.33. The minimum absolute atomic E-state index is 0.515. The van der Waals surface area contributed by atoms with Crippen LogP contribution in [0, 0.1) is 6.92 Å². The Morgan fingerprint density at radius 3 is 2.47 bits per heavy atom. The summed E-state index contributed by atoms with van der Waals surface area (Å²) in [6.07, 6.45) is 1.44. The van der Waals surface area contributed by atoms with Gasteiger partial charge in [0.1, 0.15) is 0 Å². The number of nitrogens with two attached hydrogens (primary N) is 1. The van der Waals surface area contributed by atoms with E-state index in [-0.39, 0.29) is 0 Å². The van der Waals surface area contributed by atoms with Crippen LogP contribution in [-0.4, -0.2) is 17.3 Å². The molecule has 0 heterocycles. The zero-order valence-electron chi connectivity index (χ0n) is 10.7. The maximum Gasteiger partial charge on any atom is 0.0814 e. The number of aryl methyl sites for hydroxylation is 1. The Morgan fingerprint density at radius 1 is 1.35 bits per heavy atom. The molecule has 0 saturated heterocycles. The maximum absolute atomic E-state index is 10.2. The molecule has 0 amide bonds. The summed E-state index contributed by atoms with van der Waals surface area (Å²) in [6.45, 7) is 6.44. The number of anilines is 2. The van der Waals surface area contributed by atoms with Crippen molar-refractivity contribution in [1.82, 2.24) is 0 Å². The SMILES string of the molecule is CCC(O)(CC)CNc1cc(Cl)c(N)cc1C. The Labute approximate surface area is 108 Å². The molecule has 96 valence electrons. The van der Waals surface area contributed by atoms with Crippen LogP contribution in [0.5, 0.6) is 0 Å². The second-order valence-electron chi connectivity index (χ2n) is 4.47. The number of hydrogen-bond donors (Lipinski definition) is 3. The molecular weight excluding hydrogens is 236 g/mol. The van der Waals surface area contributed by atoms with Crippen LogP contribution in [0.15, 0.2) is 12.1 Å². The van der Waals surface area contributed by atoms with Crippen molar-refractivity contribution in [2.24, 2.45) is 0 Å². The monoisotopic (exact) mass is 256 g/mol. The van der Waals surface area contributed by atoms with Gasteiger partial charge in [0, 0.05) is 12.2 Å². The first kappa shape index (κ1) is 14.1. The molecule has 3 nitrogen and oxygen atoms in total. The maximum atomic E-state index is 10.2. The molecule has 0 radical (unpaired) electrons. The number of benzene rings is 1. The third-order valence-electron chi connectivity index (χ3n) is 3.27. The number of nitrogen functional groups attached to an aromatic ring is 1. The molecule has 0 saturated carbocycles. The van der Waals surface area contributed by atoms with Crippen molar-refractivity contribution in [3.63, 3.8) is 0 Å². The Bertz CT molecular complexity index is 389. The van der Waals surface area contributed by atoms with Gasteiger partial charge < -0.3 is 16.2 Å². The Morgan fingerprint density at radius 2 is 1.94 bits per heavy atom. The lowest BCUT2D eigenvalue weighted by Crippen LogP contribution is -2.35. The third kappa shape index (κ3) is 3.51. The van der Waals surface area contributed by atoms with Crippen molar-refractivity contribution in [3.8, 4) is 0 Å². The number of aliphatic hydroxyl groups is 1. The average Bonchev–Trinajstić information content (AvgIpc) is 2.32. The Balaban J connectivity index is 2.79. The molecule has 1 aromatic carbocycles. The zero-order valence-corrected chi connectivity index (χ0v) is 11.4. The summed E-state index contributed by atoms with van der Waals surface area (Å²) in [6, 6.07) is 3.64. The van der Waals surface area contributed by atoms with Crippen molar-refractivity contribution < 1.29 is 5.11 Å². The summed E-state index contributed by atoms with van der Waals surface area (Å²) in [5.41, 5.74) is 7.58. The second-order valence-corrected chi connectivity index (χ2v) is 4.88. The second kappa shape index (κ2) is 5.61. The van der Waals surface area contributed by atoms with Crippen molar-refractivity contribution in [2.45, 2.75) is 39.2 Å². The van der Waals surface area contributed by atoms with Crippen LogP contribution < -0.4 is 11.1 Å². The fraction of sp³-hybridized carbons (Fsp3) is 0.538. The molecule has 0 spiro atoms. The van der Waals surface area contributed by atoms with Gasteiger partial charge in [0.2, 0.25) is 0 Å². The Hall–Kier alpha value is -0.930. The highest BCUT2D eigenvalue weighted by Crippen LogP contribution is 2.27. The number of halogens is 1. The molecule has 1 rings (SSSR count). The van der Waals surface area contributed by atoms with Gasteiger partial charge in [0.05, 0.1) is 16.3 Å². The molecule has 0 aliphatic heterocycles. The van der Waals surface area contributed by atoms with Gasteiger partial charge in [-0.05, 0) is 37.5 Å². The lowest BCUT2D eigenvalue weighted by Gasteiger charge is -2.26. The van der Waals surface area contributed by atoms with Crippen molar-refractivity contribution in [1.29, 1.82) is 0 Å². The van der Waals surface area contributed by atoms with Crippen LogP contribution in [0.1, 0.15) is 32.3 Å². The predicted octanol–water partition coefficient (Wildman–Crippen LogP) is 3.19. The van der Waals surface area contributed by atoms with Gasteiger partial charge in [0.15, 0.2) is 0 Å². The topological polar surface area (TPSA) is 58.3 Å². The fourth-order valence-electron chi connectivity index (χ4n) is 1.65. The number of nitrogens with one attached hydrogen (secondary N) is 1. The highest BCUT2D eigenvalue weighted by Gasteiger charge is 2.21. The first-order chi connectivity index (χ1) is 7.91. The van der Waals surface area contributed by atoms with Crippen LogP contribution >= 0.6 is 11.6 Å². The predicted molar refractivity (Wildman–Crippen MR) is 74.6 cm³/mol. The minimum atomic E-state index is -0.666. The molecular formula is C13H21ClN2O. The largest absolute Gasteiger partial charge is 0.398 e. The van der Waals surface area contributed by atoms with Gasteiger partial charge in [-0.1, -0.05) is 25.4 Å². The zero-order chi connectivity index (χ0) is 13.1. The van der Waals surface area contributed by atoms with E-state index < -0.39 is 5.60 Å². The van der Waals surface area contributed by atoms with E-state index in [9.17, 15) is 5.11 Å². The first-order valence-electron chi connectivity index (χ1n) is 5.93. The van der Waals surface area contributed by atoms with E-state index in [0.717, 1.165) is 24.1 Å². The van der Waals surface area contributed by atoms with E-state index in [1.54, 1.807) is 6.07 Å². The molecule has 0 aliphatic carbocycles. The summed E-state index contributed by atoms with van der Waals surface area (Å²) in [5, 5.41) is 14.0. The first-order valence-corrected chi connectivity index (χ1v) is 6.31. The molecule has 17 heavy (non-hydrogen) atoms. The van der Waals surface area contributed by atoms with Crippen LogP contribution in [0.3, 0.4) is 0 Å². The van der Waals surface area contributed by atoms with E-state index in [2.05, 4.69) is 5.32 Å². The van der Waals surface area contributed by atoms with Crippen LogP contribution in [0.25, 0.3) is 0 Å². The van der Waals surface area contributed by atoms with E-state index in [1.165, 1.54) is 0 Å². The summed E-state index contributed by atoms with van der Waals surface area (Å²) in [7, 11) is 0. The van der Waals surface area contributed by atoms with Gasteiger partial charge in [-0.3, -0.25) is 0 Å². The molecule has 4 heteroatoms. The number of rotatable bonds is 5. The summed E-state index contributed by atoms with van der Waals surface area (Å²) in [4.78, 5) is 0. The van der Waals surface area contributed by atoms with Gasteiger partial charge in [-0.15, -0.1) is 0 Å². The van der Waals surface area contributed by atoms with Gasteiger partial charge in [-0.25, -0.2) is 0 Å². The van der Waals surface area contributed by atoms with Crippen molar-refractivity contribution in [2.75, 3.05) is 17.6 Å². The smallest absolute Gasteiger partial charge is 0.0814 e. The van der Waals surface area contributed by atoms with E-state index in [0.29, 0.717) is 17.3 Å². The lowest BCUT2D eigenvalue weighted by molar-refractivity contribution is 0.0457. The minimum Gasteiger partial charge on any atom is -0.398 e. The summed E-state index contributed by atoms with van der Waals surface area (Å²) in [5.74, 6) is 0. The average molecular weight is 257 g/mol. The molecule has 0 unspecified atom stereocenters. The fourth-order valence-corrected chi connectivity index (χ4v) is 1.82. The van der Waals surface area contributed by atoms with Gasteiger partial charge in [0.25, 0.3) is 0 Å². The Kier molecular flexibility index (Phi) is 4.66. The third-order valence-corrected chi connectivity index (χ3v) is 3.60. The van der Waals surface area contributed by atoms with Crippen LogP contribution in [0.2, 0.25) is 5.02 Å². The number of hydrogen-bond acceptors (Lipinski definition) is 3. The van der Waals surface area contributed by atoms with Gasteiger partial charge >= 0.3 is 0 Å². The van der Waals surface area contributed by atoms with Crippen molar-refractivity contribution in [3.05, 3.63) is 22.7 Å². The molecule has 0 bridgehead atoms. The quantitative estimate of drug-likeness (QED) is 0.709. The van der Waals surface area contributed by atoms with Crippen LogP contribution in [0.4, 0.5) is 11.4 Å². The van der Waals surface area contributed by atoms with Crippen LogP contribution in [-0.2, 0) is 0 Å². The highest BCUT2D eigenvalue weighted by atomic mass is 35.5. The normalized spacial score (nSPS) is 11.6. The van der Waals surface area contributed by atoms with E-state index in [4.69, 9.17) is 17.3 Å². The molecule has 4 N–H and O–H groups in total. The van der Waals surface area contributed by atoms with E-state index in [1.807, 2.05) is 26.8 Å². The molecule has 0 aliphatic rings. The molecule has 0 atom stereocenters. The molecule has 0 aromatic heterocycles. The summed E-state index contributed by atoms with van der Waals surface area (Å²) < 4.78 is 0. The molecule has 1 aromatic rings.